The van der Waals surface area contributed by atoms with Crippen LogP contribution in [0.25, 0.3) is 0 Å². The molecule has 0 aliphatic heterocycles. The Kier molecular flexibility index (Phi) is 2.62. The van der Waals surface area contributed by atoms with E-state index in [1.165, 1.54) is 38.5 Å². The lowest BCUT2D eigenvalue weighted by molar-refractivity contribution is -0.142. The fourth-order valence-corrected chi connectivity index (χ4v) is 5.00. The zero-order valence-corrected chi connectivity index (χ0v) is 10.6. The maximum Gasteiger partial charge on any atom is 0.146 e. The molecule has 3 aliphatic carbocycles. The summed E-state index contributed by atoms with van der Waals surface area (Å²) in [5, 5.41) is 10.4. The number of ether oxygens (including phenoxy) is 2. The highest BCUT2D eigenvalue weighted by atomic mass is 16.7. The van der Waals surface area contributed by atoms with Gasteiger partial charge in [0.15, 0.2) is 0 Å². The number of rotatable bonds is 3. The Morgan fingerprint density at radius 3 is 2.53 bits per heavy atom. The Labute approximate surface area is 103 Å². The largest absolute Gasteiger partial charge is 0.386 e. The normalized spacial score (nSPS) is 48.5. The molecule has 3 saturated carbocycles. The zero-order chi connectivity index (χ0) is 12.1. The van der Waals surface area contributed by atoms with Crippen LogP contribution in [0.2, 0.25) is 0 Å². The first-order valence-corrected chi connectivity index (χ1v) is 6.66. The van der Waals surface area contributed by atoms with Crippen LogP contribution in [0.5, 0.6) is 0 Å². The quantitative estimate of drug-likeness (QED) is 0.605. The summed E-state index contributed by atoms with van der Waals surface area (Å²) in [6, 6.07) is 0. The second-order valence-electron chi connectivity index (χ2n) is 5.91. The average Bonchev–Trinajstić information content (AvgIpc) is 2.87. The molecule has 0 unspecified atom stereocenters. The minimum absolute atomic E-state index is 0.0973. The van der Waals surface area contributed by atoms with Crippen molar-refractivity contribution in [2.75, 3.05) is 13.9 Å². The van der Waals surface area contributed by atoms with Crippen molar-refractivity contribution in [1.29, 1.82) is 0 Å². The van der Waals surface area contributed by atoms with Gasteiger partial charge in [-0.3, -0.25) is 0 Å². The van der Waals surface area contributed by atoms with Crippen molar-refractivity contribution in [2.45, 2.75) is 50.7 Å². The zero-order valence-electron chi connectivity index (χ0n) is 10.6. The van der Waals surface area contributed by atoms with Crippen LogP contribution in [-0.2, 0) is 9.47 Å². The highest BCUT2D eigenvalue weighted by Crippen LogP contribution is 2.72. The summed E-state index contributed by atoms with van der Waals surface area (Å²) in [4.78, 5) is 0. The molecule has 3 aliphatic rings. The van der Waals surface area contributed by atoms with Gasteiger partial charge in [-0.2, -0.15) is 0 Å². The molecule has 3 heteroatoms. The molecule has 0 heterocycles. The van der Waals surface area contributed by atoms with Crippen LogP contribution in [0.15, 0.2) is 12.2 Å². The lowest BCUT2D eigenvalue weighted by Crippen LogP contribution is -2.40. The van der Waals surface area contributed by atoms with Crippen molar-refractivity contribution in [3.05, 3.63) is 12.2 Å². The van der Waals surface area contributed by atoms with E-state index in [0.29, 0.717) is 0 Å². The average molecular weight is 238 g/mol. The van der Waals surface area contributed by atoms with E-state index >= 15 is 0 Å². The van der Waals surface area contributed by atoms with Gasteiger partial charge in [0.1, 0.15) is 12.9 Å². The topological polar surface area (TPSA) is 38.7 Å². The summed E-state index contributed by atoms with van der Waals surface area (Å²) >= 11 is 0. The Morgan fingerprint density at radius 1 is 1.29 bits per heavy atom. The molecule has 3 fully saturated rings. The van der Waals surface area contributed by atoms with Gasteiger partial charge in [-0.05, 0) is 31.3 Å². The SMILES string of the molecule is C=C1[C@@H](O)[C@H](OCOC)C23CCCC12CCC3. The molecule has 3 rings (SSSR count). The number of methoxy groups -OCH3 is 1. The van der Waals surface area contributed by atoms with Crippen molar-refractivity contribution >= 4 is 0 Å². The summed E-state index contributed by atoms with van der Waals surface area (Å²) in [6.45, 7) is 4.46. The van der Waals surface area contributed by atoms with Gasteiger partial charge < -0.3 is 14.6 Å². The minimum Gasteiger partial charge on any atom is -0.386 e. The molecule has 3 nitrogen and oxygen atoms in total. The molecule has 2 atom stereocenters. The highest BCUT2D eigenvalue weighted by molar-refractivity contribution is 5.35. The predicted octanol–water partition coefficient (Wildman–Crippen LogP) is 2.25. The van der Waals surface area contributed by atoms with Crippen molar-refractivity contribution in [3.63, 3.8) is 0 Å². The number of aliphatic hydroxyl groups excluding tert-OH is 1. The third-order valence-electron chi connectivity index (χ3n) is 5.57. The van der Waals surface area contributed by atoms with E-state index in [9.17, 15) is 5.11 Å². The van der Waals surface area contributed by atoms with Crippen LogP contribution in [0.4, 0.5) is 0 Å². The smallest absolute Gasteiger partial charge is 0.146 e. The Morgan fingerprint density at radius 2 is 1.94 bits per heavy atom. The molecular formula is C14H22O3. The third-order valence-corrected chi connectivity index (χ3v) is 5.57. The van der Waals surface area contributed by atoms with E-state index in [0.717, 1.165) is 5.57 Å². The van der Waals surface area contributed by atoms with E-state index in [-0.39, 0.29) is 23.7 Å². The van der Waals surface area contributed by atoms with Crippen molar-refractivity contribution in [2.24, 2.45) is 10.8 Å². The third kappa shape index (κ3) is 1.23. The van der Waals surface area contributed by atoms with Crippen LogP contribution in [-0.4, -0.2) is 31.2 Å². The van der Waals surface area contributed by atoms with Crippen LogP contribution >= 0.6 is 0 Å². The minimum atomic E-state index is -0.495. The first-order chi connectivity index (χ1) is 8.18. The van der Waals surface area contributed by atoms with Gasteiger partial charge in [0.25, 0.3) is 0 Å². The molecule has 0 bridgehead atoms. The van der Waals surface area contributed by atoms with Gasteiger partial charge >= 0.3 is 0 Å². The van der Waals surface area contributed by atoms with Gasteiger partial charge in [0.2, 0.25) is 0 Å². The van der Waals surface area contributed by atoms with Gasteiger partial charge in [-0.15, -0.1) is 0 Å². The molecule has 0 aromatic carbocycles. The van der Waals surface area contributed by atoms with Gasteiger partial charge in [-0.1, -0.05) is 19.4 Å². The Hall–Kier alpha value is -0.380. The summed E-state index contributed by atoms with van der Waals surface area (Å²) in [6.07, 6.45) is 6.64. The van der Waals surface area contributed by atoms with E-state index in [1.54, 1.807) is 7.11 Å². The predicted molar refractivity (Wildman–Crippen MR) is 64.5 cm³/mol. The second-order valence-corrected chi connectivity index (χ2v) is 5.91. The van der Waals surface area contributed by atoms with Crippen LogP contribution < -0.4 is 0 Å². The van der Waals surface area contributed by atoms with E-state index in [4.69, 9.17) is 9.47 Å². The number of hydrogen-bond acceptors (Lipinski definition) is 3. The number of aliphatic hydroxyl groups is 1. The van der Waals surface area contributed by atoms with Crippen molar-refractivity contribution in [3.8, 4) is 0 Å². The standard InChI is InChI=1S/C14H22O3/c1-10-11(15)12(17-9-16-2)14-7-3-5-13(10,14)6-4-8-14/h11-12,15H,1,3-9H2,2H3/t11-,12+,13?,14?/m1/s1. The van der Waals surface area contributed by atoms with Crippen LogP contribution in [0.3, 0.4) is 0 Å². The fourth-order valence-electron chi connectivity index (χ4n) is 5.00. The highest BCUT2D eigenvalue weighted by Gasteiger charge is 2.69. The second kappa shape index (κ2) is 3.81. The fraction of sp³-hybridized carbons (Fsp3) is 0.857. The summed E-state index contributed by atoms with van der Waals surface area (Å²) in [5.41, 5.74) is 1.36. The molecule has 0 spiro atoms. The maximum atomic E-state index is 10.4. The first kappa shape index (κ1) is 11.7. The molecule has 0 saturated heterocycles. The molecule has 1 N–H and O–H groups in total. The molecule has 96 valence electrons. The lowest BCUT2D eigenvalue weighted by atomic mass is 9.68. The molecule has 0 amide bonds. The Bertz CT molecular complexity index is 326. The first-order valence-electron chi connectivity index (χ1n) is 6.66. The molecular weight excluding hydrogens is 216 g/mol. The molecule has 0 aromatic heterocycles. The van der Waals surface area contributed by atoms with E-state index in [1.807, 2.05) is 0 Å². The Balaban J connectivity index is 1.97. The van der Waals surface area contributed by atoms with Crippen molar-refractivity contribution < 1.29 is 14.6 Å². The van der Waals surface area contributed by atoms with E-state index in [2.05, 4.69) is 6.58 Å². The van der Waals surface area contributed by atoms with E-state index < -0.39 is 6.10 Å². The van der Waals surface area contributed by atoms with Crippen LogP contribution in [0, 0.1) is 10.8 Å². The number of hydrogen-bond donors (Lipinski definition) is 1. The van der Waals surface area contributed by atoms with Gasteiger partial charge in [0, 0.05) is 17.9 Å². The van der Waals surface area contributed by atoms with Crippen LogP contribution in [0.1, 0.15) is 38.5 Å². The lowest BCUT2D eigenvalue weighted by Gasteiger charge is -2.37. The van der Waals surface area contributed by atoms with Gasteiger partial charge in [-0.25, -0.2) is 0 Å². The van der Waals surface area contributed by atoms with Gasteiger partial charge in [0.05, 0.1) is 6.10 Å². The summed E-state index contributed by atoms with van der Waals surface area (Å²) < 4.78 is 10.8. The molecule has 0 aromatic rings. The summed E-state index contributed by atoms with van der Waals surface area (Å²) in [7, 11) is 1.63. The maximum absolute atomic E-state index is 10.4. The molecule has 17 heavy (non-hydrogen) atoms. The molecule has 0 radical (unpaired) electrons. The summed E-state index contributed by atoms with van der Waals surface area (Å²) in [5.74, 6) is 0. The monoisotopic (exact) mass is 238 g/mol. The van der Waals surface area contributed by atoms with Crippen molar-refractivity contribution in [1.82, 2.24) is 0 Å².